The van der Waals surface area contributed by atoms with Crippen LogP contribution in [0.1, 0.15) is 11.3 Å². The Balaban J connectivity index is 1.71. The van der Waals surface area contributed by atoms with Crippen molar-refractivity contribution >= 4 is 34.1 Å². The third kappa shape index (κ3) is 3.25. The van der Waals surface area contributed by atoms with Crippen molar-refractivity contribution in [3.63, 3.8) is 0 Å². The van der Waals surface area contributed by atoms with Crippen LogP contribution in [0.15, 0.2) is 41.8 Å². The van der Waals surface area contributed by atoms with Gasteiger partial charge in [0, 0.05) is 23.2 Å². The molecule has 5 N–H and O–H groups in total. The van der Waals surface area contributed by atoms with Crippen LogP contribution in [0.25, 0.3) is 22.2 Å². The van der Waals surface area contributed by atoms with Crippen molar-refractivity contribution in [3.05, 3.63) is 53.7 Å². The maximum Gasteiger partial charge on any atom is 0.332 e. The molecule has 2 amide bonds. The number of pyridine rings is 1. The third-order valence-electron chi connectivity index (χ3n) is 3.87. The molecule has 3 heterocycles. The molecule has 4 rings (SSSR count). The second-order valence-corrected chi connectivity index (χ2v) is 5.76. The molecule has 11 nitrogen and oxygen atoms in total. The molecule has 1 aromatic carbocycles. The minimum atomic E-state index is -0.870. The molecule has 0 saturated carbocycles. The van der Waals surface area contributed by atoms with Gasteiger partial charge in [0.1, 0.15) is 11.5 Å². The van der Waals surface area contributed by atoms with Crippen LogP contribution in [0.3, 0.4) is 0 Å². The Hall–Kier alpha value is -4.22. The number of hydrogen-bond donors (Lipinski definition) is 3. The first-order valence-electron chi connectivity index (χ1n) is 7.99. The van der Waals surface area contributed by atoms with Crippen molar-refractivity contribution in [3.8, 4) is 0 Å². The van der Waals surface area contributed by atoms with E-state index in [2.05, 4.69) is 30.4 Å². The molecule has 140 valence electrons. The molecule has 0 aliphatic carbocycles. The van der Waals surface area contributed by atoms with Gasteiger partial charge in [-0.2, -0.15) is 5.10 Å². The molecular weight excluding hydrogens is 367 g/mol. The predicted octanol–water partition coefficient (Wildman–Crippen LogP) is 0.246. The van der Waals surface area contributed by atoms with Crippen molar-refractivity contribution in [1.82, 2.24) is 35.4 Å². The number of halogens is 1. The monoisotopic (exact) mass is 380 g/mol. The van der Waals surface area contributed by atoms with Crippen LogP contribution in [-0.4, -0.2) is 41.8 Å². The number of hydrazone groups is 1. The molecule has 0 aliphatic rings. The number of amidine groups is 1. The van der Waals surface area contributed by atoms with Crippen LogP contribution in [0.4, 0.5) is 9.18 Å². The fourth-order valence-corrected chi connectivity index (χ4v) is 2.58. The first-order valence-corrected chi connectivity index (χ1v) is 7.99. The van der Waals surface area contributed by atoms with E-state index in [1.54, 1.807) is 18.3 Å². The van der Waals surface area contributed by atoms with Gasteiger partial charge in [0.05, 0.1) is 18.3 Å². The van der Waals surface area contributed by atoms with Gasteiger partial charge in [0.25, 0.3) is 0 Å². The zero-order chi connectivity index (χ0) is 19.7. The van der Waals surface area contributed by atoms with Crippen LogP contribution >= 0.6 is 0 Å². The van der Waals surface area contributed by atoms with Gasteiger partial charge < -0.3 is 11.5 Å². The highest BCUT2D eigenvalue weighted by atomic mass is 19.1. The number of hydrogen-bond acceptors (Lipinski definition) is 7. The number of carbonyl (C=O) groups excluding carboxylic acids is 1. The number of rotatable bonds is 4. The van der Waals surface area contributed by atoms with Crippen LogP contribution in [0.2, 0.25) is 0 Å². The number of aromatic nitrogens is 6. The number of nitrogens with zero attached hydrogens (tertiary/aromatic N) is 7. The largest absolute Gasteiger partial charge is 0.380 e. The molecule has 0 saturated heterocycles. The summed E-state index contributed by atoms with van der Waals surface area (Å²) >= 11 is 0. The Bertz CT molecular complexity index is 1230. The van der Waals surface area contributed by atoms with E-state index in [1.165, 1.54) is 16.9 Å². The predicted molar refractivity (Wildman–Crippen MR) is 97.4 cm³/mol. The molecule has 0 unspecified atom stereocenters. The second-order valence-electron chi connectivity index (χ2n) is 5.76. The summed E-state index contributed by atoms with van der Waals surface area (Å²) in [5, 5.41) is 12.3. The summed E-state index contributed by atoms with van der Waals surface area (Å²) in [4.78, 5) is 23.3. The normalized spacial score (nSPS) is 11.8. The fourth-order valence-electron chi connectivity index (χ4n) is 2.58. The van der Waals surface area contributed by atoms with Gasteiger partial charge in [-0.15, -0.1) is 5.10 Å². The van der Waals surface area contributed by atoms with E-state index in [-0.39, 0.29) is 29.4 Å². The average molecular weight is 380 g/mol. The number of benzene rings is 1. The highest BCUT2D eigenvalue weighted by Gasteiger charge is 2.14. The average Bonchev–Trinajstić information content (AvgIpc) is 3.08. The molecular formula is C16H13FN10O. The quantitative estimate of drug-likeness (QED) is 0.259. The zero-order valence-electron chi connectivity index (χ0n) is 14.2. The number of carbonyl (C=O) groups is 1. The second kappa shape index (κ2) is 6.83. The van der Waals surface area contributed by atoms with Crippen LogP contribution < -0.4 is 16.9 Å². The van der Waals surface area contributed by atoms with Crippen molar-refractivity contribution < 1.29 is 9.18 Å². The molecule has 4 aromatic rings. The summed E-state index contributed by atoms with van der Waals surface area (Å²) in [6.07, 6.45) is 2.92. The van der Waals surface area contributed by atoms with Gasteiger partial charge in [0.2, 0.25) is 5.65 Å². The lowest BCUT2D eigenvalue weighted by atomic mass is 10.1. The third-order valence-corrected chi connectivity index (χ3v) is 3.87. The number of nitrogens with two attached hydrogens (primary N) is 2. The van der Waals surface area contributed by atoms with Crippen molar-refractivity contribution in [2.75, 3.05) is 0 Å². The molecule has 3 aromatic heterocycles. The van der Waals surface area contributed by atoms with Gasteiger partial charge in [-0.3, -0.25) is 4.98 Å². The lowest BCUT2D eigenvalue weighted by molar-refractivity contribution is 0.249. The van der Waals surface area contributed by atoms with Crippen LogP contribution in [-0.2, 0) is 6.54 Å². The lowest BCUT2D eigenvalue weighted by Crippen LogP contribution is -2.28. The highest BCUT2D eigenvalue weighted by Crippen LogP contribution is 2.19. The molecule has 0 atom stereocenters. The summed E-state index contributed by atoms with van der Waals surface area (Å²) in [5.74, 6) is -0.533. The molecule has 0 fully saturated rings. The minimum Gasteiger partial charge on any atom is -0.380 e. The van der Waals surface area contributed by atoms with Crippen LogP contribution in [0, 0.1) is 5.82 Å². The summed E-state index contributed by atoms with van der Waals surface area (Å²) < 4.78 is 15.9. The summed E-state index contributed by atoms with van der Waals surface area (Å²) in [5.41, 5.74) is 14.3. The number of amides is 2. The maximum atomic E-state index is 14.5. The molecule has 0 spiro atoms. The first-order chi connectivity index (χ1) is 13.5. The number of urea groups is 1. The van der Waals surface area contributed by atoms with E-state index in [0.717, 1.165) is 5.39 Å². The van der Waals surface area contributed by atoms with Gasteiger partial charge >= 0.3 is 6.03 Å². The Morgan fingerprint density at radius 2 is 2.14 bits per heavy atom. The lowest BCUT2D eigenvalue weighted by Gasteiger charge is -2.06. The van der Waals surface area contributed by atoms with Crippen molar-refractivity contribution in [1.29, 1.82) is 0 Å². The molecule has 28 heavy (non-hydrogen) atoms. The maximum absolute atomic E-state index is 14.5. The number of nitrogens with one attached hydrogen (secondary N) is 1. The number of fused-ring (bicyclic) bond motifs is 2. The Labute approximate surface area is 156 Å². The van der Waals surface area contributed by atoms with Crippen LogP contribution in [0.5, 0.6) is 0 Å². The van der Waals surface area contributed by atoms with E-state index in [0.29, 0.717) is 11.1 Å². The molecule has 0 radical (unpaired) electrons. The zero-order valence-corrected chi connectivity index (χ0v) is 14.2. The van der Waals surface area contributed by atoms with E-state index >= 15 is 0 Å². The number of primary amides is 1. The topological polar surface area (TPSA) is 163 Å². The molecule has 0 aliphatic heterocycles. The Morgan fingerprint density at radius 1 is 1.29 bits per heavy atom. The summed E-state index contributed by atoms with van der Waals surface area (Å²) in [6, 6.07) is 5.79. The SMILES string of the molecule is NC(=O)N/N=C(\N)c1cnc2nnn(Cc3cc4cccnc4cc3F)c2n1. The minimum absolute atomic E-state index is 0.0713. The van der Waals surface area contributed by atoms with E-state index < -0.39 is 11.8 Å². The summed E-state index contributed by atoms with van der Waals surface area (Å²) in [6.45, 7) is 0.0713. The van der Waals surface area contributed by atoms with E-state index in [4.69, 9.17) is 11.5 Å². The van der Waals surface area contributed by atoms with Gasteiger partial charge in [-0.25, -0.2) is 29.3 Å². The molecule has 12 heteroatoms. The molecule has 0 bridgehead atoms. The van der Waals surface area contributed by atoms with Gasteiger partial charge in [-0.1, -0.05) is 11.3 Å². The summed E-state index contributed by atoms with van der Waals surface area (Å²) in [7, 11) is 0. The standard InChI is InChI=1S/C16H13FN10O/c17-10-5-11-8(2-1-3-20-11)4-9(10)7-27-15-14(24-26-27)21-6-12(22-15)13(18)23-25-16(19)28/h1-6H,7H2,(H2,18,23)(H3,19,25,28). The first kappa shape index (κ1) is 17.2. The highest BCUT2D eigenvalue weighted by molar-refractivity contribution is 5.96. The van der Waals surface area contributed by atoms with Crippen molar-refractivity contribution in [2.45, 2.75) is 6.54 Å². The van der Waals surface area contributed by atoms with E-state index in [9.17, 15) is 9.18 Å². The van der Waals surface area contributed by atoms with Gasteiger partial charge in [-0.05, 0) is 12.1 Å². The van der Waals surface area contributed by atoms with Crippen molar-refractivity contribution in [2.24, 2.45) is 16.6 Å². The smallest absolute Gasteiger partial charge is 0.332 e. The van der Waals surface area contributed by atoms with Gasteiger partial charge in [0.15, 0.2) is 11.5 Å². The Kier molecular flexibility index (Phi) is 4.20. The fraction of sp³-hybridized carbons (Fsp3) is 0.0625. The van der Waals surface area contributed by atoms with E-state index in [1.807, 2.05) is 11.5 Å². The Morgan fingerprint density at radius 3 is 2.96 bits per heavy atom.